The van der Waals surface area contributed by atoms with Gasteiger partial charge in [-0.2, -0.15) is 0 Å². The van der Waals surface area contributed by atoms with E-state index >= 15 is 0 Å². The van der Waals surface area contributed by atoms with Crippen LogP contribution in [0.2, 0.25) is 0 Å². The maximum absolute atomic E-state index is 10.3. The van der Waals surface area contributed by atoms with Gasteiger partial charge in [-0.3, -0.25) is 0 Å². The Bertz CT molecular complexity index is 1070. The number of benzene rings is 1. The standard InChI is InChI=1S/C15H16N6O4/c1-6-2-3-8-7(4-6)10-13(16-8)21-14(18-20-15(21)19-17-10)12(25)11(24)9(23)5-22/h2-4,9,11-12,16,22-25H,5H2,1H3/t9-,11-,12+/m0/s1. The van der Waals surface area contributed by atoms with Gasteiger partial charge in [-0.25, -0.2) is 4.40 Å². The SMILES string of the molecule is Cc1ccc2[nH]c3c(nnc4nnc([C@H](O)[C@@H](O)[C@@H](O)CO)n43)c2c1. The van der Waals surface area contributed by atoms with Gasteiger partial charge in [0.2, 0.25) is 0 Å². The van der Waals surface area contributed by atoms with Crippen molar-refractivity contribution in [3.8, 4) is 0 Å². The zero-order chi connectivity index (χ0) is 17.7. The molecule has 0 spiro atoms. The number of rotatable bonds is 4. The van der Waals surface area contributed by atoms with Crippen molar-refractivity contribution in [2.45, 2.75) is 25.2 Å². The first kappa shape index (κ1) is 15.8. The Morgan fingerprint density at radius 2 is 1.88 bits per heavy atom. The molecule has 0 saturated heterocycles. The predicted molar refractivity (Wildman–Crippen MR) is 86.7 cm³/mol. The number of hydrogen-bond donors (Lipinski definition) is 5. The molecule has 0 aliphatic rings. The van der Waals surface area contributed by atoms with Gasteiger partial charge >= 0.3 is 0 Å². The minimum absolute atomic E-state index is 0.0156. The fraction of sp³-hybridized carbons (Fsp3) is 0.333. The van der Waals surface area contributed by atoms with Gasteiger partial charge in [0, 0.05) is 10.9 Å². The molecular formula is C15H16N6O4. The summed E-state index contributed by atoms with van der Waals surface area (Å²) < 4.78 is 1.44. The first-order chi connectivity index (χ1) is 12.0. The Hall–Kier alpha value is -2.66. The van der Waals surface area contributed by atoms with Crippen molar-refractivity contribution >= 4 is 27.8 Å². The number of aromatic amines is 1. The zero-order valence-electron chi connectivity index (χ0n) is 13.2. The topological polar surface area (TPSA) is 153 Å². The summed E-state index contributed by atoms with van der Waals surface area (Å²) in [5, 5.41) is 55.6. The molecule has 0 bridgehead atoms. The third-order valence-corrected chi connectivity index (χ3v) is 4.21. The monoisotopic (exact) mass is 344 g/mol. The molecule has 0 unspecified atom stereocenters. The molecule has 10 heteroatoms. The second-order valence-corrected chi connectivity index (χ2v) is 5.95. The van der Waals surface area contributed by atoms with Crippen LogP contribution in [0.1, 0.15) is 17.5 Å². The van der Waals surface area contributed by atoms with Crippen LogP contribution in [-0.2, 0) is 0 Å². The molecule has 25 heavy (non-hydrogen) atoms. The Balaban J connectivity index is 1.97. The highest BCUT2D eigenvalue weighted by atomic mass is 16.4. The second-order valence-electron chi connectivity index (χ2n) is 5.95. The average Bonchev–Trinajstić information content (AvgIpc) is 3.20. The molecule has 0 saturated carbocycles. The van der Waals surface area contributed by atoms with E-state index in [2.05, 4.69) is 25.4 Å². The highest BCUT2D eigenvalue weighted by Gasteiger charge is 2.30. The van der Waals surface area contributed by atoms with E-state index in [1.54, 1.807) is 0 Å². The lowest BCUT2D eigenvalue weighted by molar-refractivity contribution is -0.0805. The number of H-pyrrole nitrogens is 1. The molecule has 0 radical (unpaired) electrons. The van der Waals surface area contributed by atoms with Crippen LogP contribution in [0.15, 0.2) is 18.2 Å². The Kier molecular flexibility index (Phi) is 3.62. The van der Waals surface area contributed by atoms with E-state index in [-0.39, 0.29) is 11.6 Å². The molecule has 0 amide bonds. The van der Waals surface area contributed by atoms with E-state index in [0.29, 0.717) is 11.2 Å². The number of nitrogens with zero attached hydrogens (tertiary/aromatic N) is 5. The summed E-state index contributed by atoms with van der Waals surface area (Å²) in [6, 6.07) is 5.81. The summed E-state index contributed by atoms with van der Waals surface area (Å²) >= 11 is 0. The van der Waals surface area contributed by atoms with Crippen molar-refractivity contribution in [2.75, 3.05) is 6.61 Å². The van der Waals surface area contributed by atoms with Gasteiger partial charge in [-0.1, -0.05) is 11.6 Å². The molecule has 130 valence electrons. The van der Waals surface area contributed by atoms with Crippen molar-refractivity contribution in [1.29, 1.82) is 0 Å². The normalized spacial score (nSPS) is 15.9. The predicted octanol–water partition coefficient (Wildman–Crippen LogP) is -0.790. The molecule has 4 aromatic rings. The van der Waals surface area contributed by atoms with Crippen LogP contribution < -0.4 is 0 Å². The molecule has 5 N–H and O–H groups in total. The molecule has 3 aromatic heterocycles. The van der Waals surface area contributed by atoms with E-state index in [1.807, 2.05) is 25.1 Å². The fourth-order valence-electron chi connectivity index (χ4n) is 2.86. The van der Waals surface area contributed by atoms with Crippen LogP contribution in [0, 0.1) is 6.92 Å². The van der Waals surface area contributed by atoms with E-state index in [1.165, 1.54) is 4.40 Å². The third-order valence-electron chi connectivity index (χ3n) is 4.21. The minimum atomic E-state index is -1.63. The lowest BCUT2D eigenvalue weighted by atomic mass is 10.1. The highest BCUT2D eigenvalue weighted by molar-refractivity contribution is 6.04. The minimum Gasteiger partial charge on any atom is -0.394 e. The smallest absolute Gasteiger partial charge is 0.275 e. The van der Waals surface area contributed by atoms with Crippen LogP contribution in [0.4, 0.5) is 0 Å². The molecule has 4 rings (SSSR count). The quantitative estimate of drug-likeness (QED) is 0.323. The van der Waals surface area contributed by atoms with Gasteiger partial charge in [-0.05, 0) is 19.1 Å². The van der Waals surface area contributed by atoms with Gasteiger partial charge in [0.1, 0.15) is 29.5 Å². The van der Waals surface area contributed by atoms with E-state index < -0.39 is 24.9 Å². The number of aliphatic hydroxyl groups is 4. The largest absolute Gasteiger partial charge is 0.394 e. The van der Waals surface area contributed by atoms with Crippen molar-refractivity contribution in [1.82, 2.24) is 29.8 Å². The lowest BCUT2D eigenvalue weighted by Gasteiger charge is -2.20. The van der Waals surface area contributed by atoms with Crippen molar-refractivity contribution < 1.29 is 20.4 Å². The summed E-state index contributed by atoms with van der Waals surface area (Å²) in [5.41, 5.74) is 2.96. The highest BCUT2D eigenvalue weighted by Crippen LogP contribution is 2.27. The molecular weight excluding hydrogens is 328 g/mol. The Morgan fingerprint density at radius 1 is 1.12 bits per heavy atom. The van der Waals surface area contributed by atoms with Crippen molar-refractivity contribution in [2.24, 2.45) is 0 Å². The maximum atomic E-state index is 10.3. The molecule has 0 aliphatic carbocycles. The average molecular weight is 344 g/mol. The zero-order valence-corrected chi connectivity index (χ0v) is 13.2. The van der Waals surface area contributed by atoms with Crippen LogP contribution in [0.3, 0.4) is 0 Å². The van der Waals surface area contributed by atoms with E-state index in [9.17, 15) is 15.3 Å². The van der Waals surface area contributed by atoms with E-state index in [0.717, 1.165) is 16.5 Å². The molecule has 3 atom stereocenters. The summed E-state index contributed by atoms with van der Waals surface area (Å²) in [6.45, 7) is 1.26. The Morgan fingerprint density at radius 3 is 2.64 bits per heavy atom. The lowest BCUT2D eigenvalue weighted by Crippen LogP contribution is -2.35. The van der Waals surface area contributed by atoms with Crippen LogP contribution >= 0.6 is 0 Å². The first-order valence-electron chi connectivity index (χ1n) is 7.66. The van der Waals surface area contributed by atoms with Gasteiger partial charge in [-0.15, -0.1) is 20.4 Å². The first-order valence-corrected chi connectivity index (χ1v) is 7.66. The van der Waals surface area contributed by atoms with Gasteiger partial charge in [0.05, 0.1) is 6.61 Å². The number of nitrogens with one attached hydrogen (secondary N) is 1. The molecule has 10 nitrogen and oxygen atoms in total. The van der Waals surface area contributed by atoms with Crippen molar-refractivity contribution in [3.63, 3.8) is 0 Å². The number of aryl methyl sites for hydroxylation is 1. The second kappa shape index (κ2) is 5.70. The molecule has 3 heterocycles. The van der Waals surface area contributed by atoms with Gasteiger partial charge in [0.25, 0.3) is 5.78 Å². The summed E-state index contributed by atoms with van der Waals surface area (Å²) in [7, 11) is 0. The number of hydrogen-bond acceptors (Lipinski definition) is 8. The third kappa shape index (κ3) is 2.35. The number of fused-ring (bicyclic) bond motifs is 5. The van der Waals surface area contributed by atoms with Gasteiger partial charge < -0.3 is 25.4 Å². The van der Waals surface area contributed by atoms with Gasteiger partial charge in [0.15, 0.2) is 5.82 Å². The maximum Gasteiger partial charge on any atom is 0.275 e. The van der Waals surface area contributed by atoms with E-state index in [4.69, 9.17) is 5.11 Å². The van der Waals surface area contributed by atoms with Crippen molar-refractivity contribution in [3.05, 3.63) is 29.6 Å². The van der Waals surface area contributed by atoms with Crippen LogP contribution in [-0.4, -0.2) is 69.0 Å². The molecule has 0 aliphatic heterocycles. The summed E-state index contributed by atoms with van der Waals surface area (Å²) in [4.78, 5) is 3.19. The summed E-state index contributed by atoms with van der Waals surface area (Å²) in [5.74, 6) is 0.119. The van der Waals surface area contributed by atoms with Crippen LogP contribution in [0.5, 0.6) is 0 Å². The van der Waals surface area contributed by atoms with Crippen LogP contribution in [0.25, 0.3) is 27.8 Å². The molecule has 0 fully saturated rings. The Labute approximate surface area is 140 Å². The molecule has 1 aromatic carbocycles. The number of aromatic nitrogens is 6. The fourth-order valence-corrected chi connectivity index (χ4v) is 2.86. The number of aliphatic hydroxyl groups excluding tert-OH is 4. The summed E-state index contributed by atoms with van der Waals surface area (Å²) in [6.07, 6.45) is -4.72.